The van der Waals surface area contributed by atoms with Gasteiger partial charge in [-0.2, -0.15) is 0 Å². The molecule has 3 heteroatoms. The Hall–Kier alpha value is -1.22. The highest BCUT2D eigenvalue weighted by Crippen LogP contribution is 2.35. The molecule has 0 aliphatic carbocycles. The lowest BCUT2D eigenvalue weighted by Crippen LogP contribution is -2.06. The van der Waals surface area contributed by atoms with Crippen molar-refractivity contribution in [1.29, 1.82) is 0 Å². The number of alkyl halides is 1. The van der Waals surface area contributed by atoms with Crippen LogP contribution in [0.2, 0.25) is 0 Å². The van der Waals surface area contributed by atoms with Gasteiger partial charge in [0.05, 0.1) is 0 Å². The summed E-state index contributed by atoms with van der Waals surface area (Å²) in [5.41, 5.74) is 6.43. The summed E-state index contributed by atoms with van der Waals surface area (Å²) < 4.78 is 27.2. The second-order valence-corrected chi connectivity index (χ2v) is 6.66. The average molecular weight is 353 g/mol. The third-order valence-electron chi connectivity index (χ3n) is 4.17. The zero-order chi connectivity index (χ0) is 15.7. The third kappa shape index (κ3) is 3.18. The quantitative estimate of drug-likeness (QED) is 0.605. The van der Waals surface area contributed by atoms with Crippen molar-refractivity contribution in [3.63, 3.8) is 0 Å². The summed E-state index contributed by atoms with van der Waals surface area (Å²) in [5.74, 6) is -1.54. The molecule has 0 bridgehead atoms. The van der Waals surface area contributed by atoms with Gasteiger partial charge in [-0.1, -0.05) is 34.1 Å². The molecular formula is C18H19BrF2. The second-order valence-electron chi connectivity index (χ2n) is 5.56. The van der Waals surface area contributed by atoms with Crippen LogP contribution in [-0.2, 0) is 6.42 Å². The number of hydrogen-bond donors (Lipinski definition) is 0. The number of hydrogen-bond acceptors (Lipinski definition) is 0. The van der Waals surface area contributed by atoms with Crippen LogP contribution in [0.25, 0.3) is 0 Å². The number of aryl methyl sites for hydroxylation is 2. The Kier molecular flexibility index (Phi) is 4.82. The predicted molar refractivity (Wildman–Crippen MR) is 87.1 cm³/mol. The Bertz CT molecular complexity index is 651. The first kappa shape index (κ1) is 16.2. The molecule has 0 saturated carbocycles. The molecule has 0 fully saturated rings. The van der Waals surface area contributed by atoms with E-state index in [4.69, 9.17) is 0 Å². The molecule has 1 atom stereocenters. The van der Waals surface area contributed by atoms with Crippen LogP contribution >= 0.6 is 15.9 Å². The molecule has 112 valence electrons. The highest BCUT2D eigenvalue weighted by atomic mass is 79.9. The molecule has 2 aromatic carbocycles. The Balaban J connectivity index is 2.42. The second kappa shape index (κ2) is 6.27. The molecule has 0 saturated heterocycles. The van der Waals surface area contributed by atoms with Gasteiger partial charge in [0.15, 0.2) is 11.6 Å². The summed E-state index contributed by atoms with van der Waals surface area (Å²) in [6, 6.07) is 6.50. The van der Waals surface area contributed by atoms with E-state index in [9.17, 15) is 8.78 Å². The van der Waals surface area contributed by atoms with Crippen molar-refractivity contribution >= 4 is 15.9 Å². The van der Waals surface area contributed by atoms with E-state index in [1.54, 1.807) is 12.1 Å². The lowest BCUT2D eigenvalue weighted by atomic mass is 9.90. The summed E-state index contributed by atoms with van der Waals surface area (Å²) in [6.45, 7) is 8.31. The minimum Gasteiger partial charge on any atom is -0.204 e. The van der Waals surface area contributed by atoms with Crippen LogP contribution in [0.4, 0.5) is 8.78 Å². The van der Waals surface area contributed by atoms with Crippen LogP contribution in [0.15, 0.2) is 24.3 Å². The van der Waals surface area contributed by atoms with Gasteiger partial charge < -0.3 is 0 Å². The van der Waals surface area contributed by atoms with Crippen molar-refractivity contribution < 1.29 is 8.78 Å². The molecular weight excluding hydrogens is 334 g/mol. The minimum absolute atomic E-state index is 0.0348. The number of rotatable bonds is 3. The summed E-state index contributed by atoms with van der Waals surface area (Å²) in [5, 5.41) is 0. The van der Waals surface area contributed by atoms with Crippen LogP contribution in [0, 0.1) is 39.3 Å². The van der Waals surface area contributed by atoms with Crippen LogP contribution in [-0.4, -0.2) is 0 Å². The monoisotopic (exact) mass is 352 g/mol. The van der Waals surface area contributed by atoms with E-state index in [-0.39, 0.29) is 4.83 Å². The van der Waals surface area contributed by atoms with E-state index in [2.05, 4.69) is 49.7 Å². The Morgan fingerprint density at radius 1 is 1.00 bits per heavy atom. The van der Waals surface area contributed by atoms with Gasteiger partial charge in [0.2, 0.25) is 0 Å². The highest BCUT2D eigenvalue weighted by Gasteiger charge is 2.19. The van der Waals surface area contributed by atoms with E-state index in [1.807, 2.05) is 0 Å². The summed E-state index contributed by atoms with van der Waals surface area (Å²) in [6.07, 6.45) is 0.425. The minimum atomic E-state index is -0.791. The molecule has 0 spiro atoms. The van der Waals surface area contributed by atoms with E-state index < -0.39 is 11.6 Å². The van der Waals surface area contributed by atoms with Crippen LogP contribution in [0.3, 0.4) is 0 Å². The summed E-state index contributed by atoms with van der Waals surface area (Å²) in [7, 11) is 0. The maximum atomic E-state index is 13.8. The molecule has 2 aromatic rings. The Morgan fingerprint density at radius 3 is 2.14 bits per heavy atom. The molecule has 0 heterocycles. The number of benzene rings is 2. The zero-order valence-electron chi connectivity index (χ0n) is 12.7. The van der Waals surface area contributed by atoms with Crippen molar-refractivity contribution in [3.05, 3.63) is 69.3 Å². The van der Waals surface area contributed by atoms with Gasteiger partial charge in [0.25, 0.3) is 0 Å². The summed E-state index contributed by atoms with van der Waals surface area (Å²) in [4.78, 5) is -0.0348. The highest BCUT2D eigenvalue weighted by molar-refractivity contribution is 9.09. The van der Waals surface area contributed by atoms with Crippen LogP contribution in [0.1, 0.15) is 38.2 Å². The molecule has 0 nitrogen and oxygen atoms in total. The summed E-state index contributed by atoms with van der Waals surface area (Å²) >= 11 is 3.66. The van der Waals surface area contributed by atoms with Crippen molar-refractivity contribution in [2.45, 2.75) is 38.9 Å². The van der Waals surface area contributed by atoms with Gasteiger partial charge in [0.1, 0.15) is 0 Å². The maximum absolute atomic E-state index is 13.8. The molecule has 2 rings (SSSR count). The standard InChI is InChI=1S/C18H19BrF2/c1-10-8-11(2)13(4)17(12(10)3)15(19)9-14-6-5-7-16(20)18(14)21/h5-8,15H,9H2,1-4H3. The molecule has 21 heavy (non-hydrogen) atoms. The SMILES string of the molecule is Cc1cc(C)c(C)c(C(Br)Cc2cccc(F)c2F)c1C. The van der Waals surface area contributed by atoms with Crippen LogP contribution < -0.4 is 0 Å². The Morgan fingerprint density at radius 2 is 1.57 bits per heavy atom. The first-order chi connectivity index (χ1) is 9.82. The van der Waals surface area contributed by atoms with Crippen molar-refractivity contribution in [2.24, 2.45) is 0 Å². The molecule has 0 radical (unpaired) electrons. The maximum Gasteiger partial charge on any atom is 0.162 e. The van der Waals surface area contributed by atoms with Crippen molar-refractivity contribution in [2.75, 3.05) is 0 Å². The van der Waals surface area contributed by atoms with E-state index in [0.29, 0.717) is 12.0 Å². The molecule has 1 unspecified atom stereocenters. The zero-order valence-corrected chi connectivity index (χ0v) is 14.3. The van der Waals surface area contributed by atoms with Crippen molar-refractivity contribution in [3.8, 4) is 0 Å². The Labute approximate surface area is 133 Å². The molecule has 0 aliphatic heterocycles. The number of halogens is 3. The van der Waals surface area contributed by atoms with Crippen LogP contribution in [0.5, 0.6) is 0 Å². The fourth-order valence-electron chi connectivity index (χ4n) is 2.72. The third-order valence-corrected chi connectivity index (χ3v) is 4.95. The van der Waals surface area contributed by atoms with E-state index >= 15 is 0 Å². The molecule has 0 N–H and O–H groups in total. The first-order valence-electron chi connectivity index (χ1n) is 6.97. The predicted octanol–water partition coefficient (Wildman–Crippen LogP) is 5.88. The topological polar surface area (TPSA) is 0 Å². The lowest BCUT2D eigenvalue weighted by Gasteiger charge is -2.20. The van der Waals surface area contributed by atoms with Gasteiger partial charge in [-0.15, -0.1) is 0 Å². The lowest BCUT2D eigenvalue weighted by molar-refractivity contribution is 0.498. The first-order valence-corrected chi connectivity index (χ1v) is 7.88. The van der Waals surface area contributed by atoms with Gasteiger partial charge in [-0.05, 0) is 73.6 Å². The van der Waals surface area contributed by atoms with Gasteiger partial charge in [0, 0.05) is 4.83 Å². The normalized spacial score (nSPS) is 12.5. The van der Waals surface area contributed by atoms with Crippen molar-refractivity contribution in [1.82, 2.24) is 0 Å². The smallest absolute Gasteiger partial charge is 0.162 e. The largest absolute Gasteiger partial charge is 0.204 e. The van der Waals surface area contributed by atoms with Gasteiger partial charge >= 0.3 is 0 Å². The van der Waals surface area contributed by atoms with E-state index in [0.717, 1.165) is 6.07 Å². The fourth-order valence-corrected chi connectivity index (χ4v) is 3.75. The molecule has 0 aromatic heterocycles. The average Bonchev–Trinajstić information content (AvgIpc) is 2.42. The molecule has 0 amide bonds. The molecule has 0 aliphatic rings. The van der Waals surface area contributed by atoms with Gasteiger partial charge in [-0.25, -0.2) is 8.78 Å². The van der Waals surface area contributed by atoms with E-state index in [1.165, 1.54) is 27.8 Å². The fraction of sp³-hybridized carbons (Fsp3) is 0.333. The van der Waals surface area contributed by atoms with Gasteiger partial charge in [-0.3, -0.25) is 0 Å².